The molecule has 92 valence electrons. The molecule has 0 aliphatic heterocycles. The Morgan fingerprint density at radius 1 is 1.47 bits per heavy atom. The maximum absolute atomic E-state index is 11.0. The van der Waals surface area contributed by atoms with Crippen molar-refractivity contribution in [3.8, 4) is 0 Å². The molecule has 7 nitrogen and oxygen atoms in total. The van der Waals surface area contributed by atoms with Crippen molar-refractivity contribution in [3.63, 3.8) is 0 Å². The first-order valence-corrected chi connectivity index (χ1v) is 4.74. The quantitative estimate of drug-likeness (QED) is 0.426. The first-order chi connectivity index (χ1) is 8.06. The van der Waals surface area contributed by atoms with Gasteiger partial charge in [-0.15, -0.1) is 0 Å². The van der Waals surface area contributed by atoms with Gasteiger partial charge in [0.05, 0.1) is 17.1 Å². The molecule has 2 N–H and O–H groups in total. The fourth-order valence-electron chi connectivity index (χ4n) is 1.13. The van der Waals surface area contributed by atoms with Crippen LogP contribution in [-0.4, -0.2) is 33.8 Å². The average molecular weight is 241 g/mol. The predicted octanol–water partition coefficient (Wildman–Crippen LogP) is -0.00880. The van der Waals surface area contributed by atoms with Gasteiger partial charge in [0, 0.05) is 6.07 Å². The fraction of sp³-hybridized carbons (Fsp3) is 0.300. The first kappa shape index (κ1) is 13.1. The number of rotatable bonds is 5. The van der Waals surface area contributed by atoms with Crippen molar-refractivity contribution < 1.29 is 24.7 Å². The van der Waals surface area contributed by atoms with Gasteiger partial charge in [-0.05, 0) is 6.07 Å². The monoisotopic (exact) mass is 241 g/mol. The number of nitrogens with zero attached hydrogens (tertiary/aromatic N) is 1. The number of nitro benzene ring substituents is 1. The van der Waals surface area contributed by atoms with Gasteiger partial charge < -0.3 is 14.9 Å². The smallest absolute Gasteiger partial charge is 0.337 e. The molecule has 1 atom stereocenters. The number of esters is 1. The molecule has 0 saturated heterocycles. The number of aliphatic hydroxyl groups is 2. The molecule has 1 aromatic carbocycles. The number of para-hydroxylation sites is 1. The largest absolute Gasteiger partial charge is 0.459 e. The molecule has 0 radical (unpaired) electrons. The second-order valence-electron chi connectivity index (χ2n) is 3.19. The number of hydrogen-bond donors (Lipinski definition) is 2. The average Bonchev–Trinajstić information content (AvgIpc) is 2.35. The summed E-state index contributed by atoms with van der Waals surface area (Å²) in [5.74, 6) is -1.02. The zero-order valence-corrected chi connectivity index (χ0v) is 8.78. The van der Waals surface area contributed by atoms with Crippen LogP contribution >= 0.6 is 0 Å². The zero-order chi connectivity index (χ0) is 12.8. The van der Waals surface area contributed by atoms with Gasteiger partial charge in [0.25, 0.3) is 5.69 Å². The highest BCUT2D eigenvalue weighted by atomic mass is 16.6. The Morgan fingerprint density at radius 3 is 2.71 bits per heavy atom. The Bertz CT molecular complexity index is 419. The summed E-state index contributed by atoms with van der Waals surface area (Å²) in [6, 6.07) is 5.78. The molecule has 7 heteroatoms. The third-order valence-electron chi connectivity index (χ3n) is 2.00. The van der Waals surface area contributed by atoms with Crippen molar-refractivity contribution >= 4 is 11.7 Å². The molecule has 0 fully saturated rings. The van der Waals surface area contributed by atoms with Crippen molar-refractivity contribution in [1.82, 2.24) is 0 Å². The molecule has 0 saturated carbocycles. The lowest BCUT2D eigenvalue weighted by Gasteiger charge is -2.08. The van der Waals surface area contributed by atoms with E-state index < -0.39 is 23.6 Å². The summed E-state index contributed by atoms with van der Waals surface area (Å²) in [7, 11) is 0. The van der Waals surface area contributed by atoms with Crippen molar-refractivity contribution in [2.45, 2.75) is 12.7 Å². The summed E-state index contributed by atoms with van der Waals surface area (Å²) in [6.45, 7) is -1.08. The van der Waals surface area contributed by atoms with Gasteiger partial charge in [0.15, 0.2) is 6.10 Å². The summed E-state index contributed by atoms with van der Waals surface area (Å²) >= 11 is 0. The molecule has 0 bridgehead atoms. The second kappa shape index (κ2) is 5.92. The molecule has 0 aliphatic rings. The van der Waals surface area contributed by atoms with Crippen LogP contribution in [0.1, 0.15) is 5.56 Å². The van der Waals surface area contributed by atoms with Crippen LogP contribution in [0, 0.1) is 10.1 Å². The number of carbonyl (C=O) groups excluding carboxylic acids is 1. The van der Waals surface area contributed by atoms with Gasteiger partial charge in [-0.3, -0.25) is 10.1 Å². The topological polar surface area (TPSA) is 110 Å². The van der Waals surface area contributed by atoms with Crippen LogP contribution in [0.2, 0.25) is 0 Å². The highest BCUT2D eigenvalue weighted by molar-refractivity contribution is 5.74. The molecule has 17 heavy (non-hydrogen) atoms. The maximum Gasteiger partial charge on any atom is 0.337 e. The first-order valence-electron chi connectivity index (χ1n) is 4.74. The van der Waals surface area contributed by atoms with E-state index in [4.69, 9.17) is 10.2 Å². The van der Waals surface area contributed by atoms with Gasteiger partial charge in [-0.1, -0.05) is 12.1 Å². The molecule has 0 heterocycles. The number of nitro groups is 1. The Labute approximate surface area is 96.4 Å². The number of benzene rings is 1. The van der Waals surface area contributed by atoms with Crippen LogP contribution in [0.4, 0.5) is 5.69 Å². The minimum atomic E-state index is -1.63. The number of aliphatic hydroxyl groups excluding tert-OH is 2. The highest BCUT2D eigenvalue weighted by Gasteiger charge is 2.18. The van der Waals surface area contributed by atoms with E-state index in [1.807, 2.05) is 0 Å². The van der Waals surface area contributed by atoms with E-state index in [0.29, 0.717) is 0 Å². The molecule has 0 amide bonds. The van der Waals surface area contributed by atoms with E-state index in [0.717, 1.165) is 0 Å². The second-order valence-corrected chi connectivity index (χ2v) is 3.19. The third-order valence-corrected chi connectivity index (χ3v) is 2.00. The number of carbonyl (C=O) groups is 1. The fourth-order valence-corrected chi connectivity index (χ4v) is 1.13. The van der Waals surface area contributed by atoms with E-state index >= 15 is 0 Å². The summed E-state index contributed by atoms with van der Waals surface area (Å²) in [4.78, 5) is 21.1. The van der Waals surface area contributed by atoms with Crippen LogP contribution in [-0.2, 0) is 16.1 Å². The minimum Gasteiger partial charge on any atom is -0.459 e. The maximum atomic E-state index is 11.0. The SMILES string of the molecule is O=C(OCc1ccccc1[N+](=O)[O-])C(O)CO. The molecule has 0 aromatic heterocycles. The van der Waals surface area contributed by atoms with Crippen molar-refractivity contribution in [2.75, 3.05) is 6.61 Å². The van der Waals surface area contributed by atoms with E-state index in [2.05, 4.69) is 4.74 Å². The van der Waals surface area contributed by atoms with E-state index in [1.54, 1.807) is 6.07 Å². The molecular formula is C10H11NO6. The lowest BCUT2D eigenvalue weighted by atomic mass is 10.2. The third kappa shape index (κ3) is 3.51. The Kier molecular flexibility index (Phi) is 4.56. The van der Waals surface area contributed by atoms with Crippen molar-refractivity contribution in [1.29, 1.82) is 0 Å². The molecule has 1 rings (SSSR count). The lowest BCUT2D eigenvalue weighted by Crippen LogP contribution is -2.26. The van der Waals surface area contributed by atoms with Crippen molar-refractivity contribution in [3.05, 3.63) is 39.9 Å². The molecule has 0 spiro atoms. The molecule has 0 aliphatic carbocycles. The Balaban J connectivity index is 2.69. The number of ether oxygens (including phenoxy) is 1. The van der Waals surface area contributed by atoms with Crippen molar-refractivity contribution in [2.24, 2.45) is 0 Å². The normalized spacial score (nSPS) is 11.9. The molecule has 1 aromatic rings. The lowest BCUT2D eigenvalue weighted by molar-refractivity contribution is -0.385. The van der Waals surface area contributed by atoms with Crippen LogP contribution < -0.4 is 0 Å². The van der Waals surface area contributed by atoms with Gasteiger partial charge >= 0.3 is 5.97 Å². The van der Waals surface area contributed by atoms with Crippen LogP contribution in [0.5, 0.6) is 0 Å². The standard InChI is InChI=1S/C10H11NO6/c12-5-9(13)10(14)17-6-7-3-1-2-4-8(7)11(15)16/h1-4,9,12-13H,5-6H2. The zero-order valence-electron chi connectivity index (χ0n) is 8.78. The van der Waals surface area contributed by atoms with Crippen LogP contribution in [0.15, 0.2) is 24.3 Å². The van der Waals surface area contributed by atoms with E-state index in [-0.39, 0.29) is 17.9 Å². The van der Waals surface area contributed by atoms with Gasteiger partial charge in [0.1, 0.15) is 6.61 Å². The van der Waals surface area contributed by atoms with Crippen LogP contribution in [0.25, 0.3) is 0 Å². The van der Waals surface area contributed by atoms with Crippen LogP contribution in [0.3, 0.4) is 0 Å². The number of hydrogen-bond acceptors (Lipinski definition) is 6. The molecular weight excluding hydrogens is 230 g/mol. The predicted molar refractivity (Wildman–Crippen MR) is 56.0 cm³/mol. The molecule has 1 unspecified atom stereocenters. The van der Waals surface area contributed by atoms with E-state index in [9.17, 15) is 14.9 Å². The summed E-state index contributed by atoms with van der Waals surface area (Å²) in [5.41, 5.74) is 0.0507. The highest BCUT2D eigenvalue weighted by Crippen LogP contribution is 2.18. The van der Waals surface area contributed by atoms with E-state index in [1.165, 1.54) is 18.2 Å². The van der Waals surface area contributed by atoms with Gasteiger partial charge in [-0.25, -0.2) is 4.79 Å². The minimum absolute atomic E-state index is 0.168. The van der Waals surface area contributed by atoms with Gasteiger partial charge in [-0.2, -0.15) is 0 Å². The summed E-state index contributed by atoms with van der Waals surface area (Å²) in [5, 5.41) is 28.0. The Morgan fingerprint density at radius 2 is 2.12 bits per heavy atom. The van der Waals surface area contributed by atoms with Gasteiger partial charge in [0.2, 0.25) is 0 Å². The summed E-state index contributed by atoms with van der Waals surface area (Å²) in [6.07, 6.45) is -1.63. The summed E-state index contributed by atoms with van der Waals surface area (Å²) < 4.78 is 4.62. The Hall–Kier alpha value is -1.99.